The molecule has 12 heteroatoms. The summed E-state index contributed by atoms with van der Waals surface area (Å²) in [5.41, 5.74) is -0.246. The molecule has 0 radical (unpaired) electrons. The van der Waals surface area contributed by atoms with Crippen LogP contribution in [0.3, 0.4) is 0 Å². The summed E-state index contributed by atoms with van der Waals surface area (Å²) in [7, 11) is 0. The fourth-order valence-electron chi connectivity index (χ4n) is 3.75. The zero-order valence-electron chi connectivity index (χ0n) is 22.3. The minimum Gasteiger partial charge on any atom is -0.459 e. The molecule has 1 saturated heterocycles. The molecule has 0 aliphatic carbocycles. The first-order chi connectivity index (χ1) is 17.9. The van der Waals surface area contributed by atoms with E-state index in [-0.39, 0.29) is 17.0 Å². The van der Waals surface area contributed by atoms with Crippen molar-refractivity contribution in [2.45, 2.75) is 63.0 Å². The number of carbonyl (C=O) groups is 3. The van der Waals surface area contributed by atoms with Crippen LogP contribution in [-0.2, 0) is 19.1 Å². The predicted molar refractivity (Wildman–Crippen MR) is 147 cm³/mol. The Morgan fingerprint density at radius 1 is 1.16 bits per heavy atom. The van der Waals surface area contributed by atoms with Crippen LogP contribution in [0.1, 0.15) is 47.5 Å². The minimum atomic E-state index is -0.972. The fourth-order valence-corrected chi connectivity index (χ4v) is 4.82. The molecule has 0 unspecified atom stereocenters. The van der Waals surface area contributed by atoms with Crippen LogP contribution >= 0.6 is 23.4 Å². The third-order valence-corrected chi connectivity index (χ3v) is 7.35. The van der Waals surface area contributed by atoms with Gasteiger partial charge in [-0.05, 0) is 58.1 Å². The van der Waals surface area contributed by atoms with Crippen LogP contribution < -0.4 is 15.5 Å². The molecule has 3 rings (SSSR count). The van der Waals surface area contributed by atoms with Gasteiger partial charge < -0.3 is 25.0 Å². The Hall–Kier alpha value is -3.05. The average molecular weight is 564 g/mol. The van der Waals surface area contributed by atoms with E-state index in [1.807, 2.05) is 20.8 Å². The van der Waals surface area contributed by atoms with Crippen molar-refractivity contribution >= 4 is 52.8 Å². The van der Waals surface area contributed by atoms with Crippen LogP contribution in [0.15, 0.2) is 40.5 Å². The lowest BCUT2D eigenvalue weighted by molar-refractivity contribution is -0.152. The summed E-state index contributed by atoms with van der Waals surface area (Å²) >= 11 is 7.76. The molecule has 206 valence electrons. The molecule has 2 amide bonds. The first-order valence-electron chi connectivity index (χ1n) is 12.4. The van der Waals surface area contributed by atoms with Gasteiger partial charge in [-0.25, -0.2) is 19.6 Å². The number of benzene rings is 1. The Labute approximate surface area is 232 Å². The monoisotopic (exact) mass is 563 g/mol. The predicted octanol–water partition coefficient (Wildman–Crippen LogP) is 4.91. The van der Waals surface area contributed by atoms with Crippen LogP contribution in [-0.4, -0.2) is 59.8 Å². The first kappa shape index (κ1) is 29.5. The van der Waals surface area contributed by atoms with Gasteiger partial charge in [0.25, 0.3) is 0 Å². The number of nitrogens with one attached hydrogen (secondary N) is 2. The van der Waals surface area contributed by atoms with Gasteiger partial charge in [0.1, 0.15) is 16.4 Å². The maximum absolute atomic E-state index is 12.0. The molecule has 0 saturated carbocycles. The Morgan fingerprint density at radius 2 is 1.87 bits per heavy atom. The molecule has 10 nitrogen and oxygen atoms in total. The van der Waals surface area contributed by atoms with Crippen molar-refractivity contribution in [1.29, 1.82) is 0 Å². The second-order valence-corrected chi connectivity index (χ2v) is 11.7. The number of piperidine rings is 1. The van der Waals surface area contributed by atoms with Crippen molar-refractivity contribution in [2.24, 2.45) is 5.41 Å². The maximum Gasteiger partial charge on any atom is 0.407 e. The van der Waals surface area contributed by atoms with Crippen molar-refractivity contribution in [3.63, 3.8) is 0 Å². The molecule has 1 aliphatic heterocycles. The number of carbonyl (C=O) groups excluding carboxylic acids is 3. The van der Waals surface area contributed by atoms with Gasteiger partial charge in [0, 0.05) is 24.5 Å². The van der Waals surface area contributed by atoms with Gasteiger partial charge in [-0.15, -0.1) is 0 Å². The van der Waals surface area contributed by atoms with E-state index in [1.54, 1.807) is 37.5 Å². The number of anilines is 2. The highest BCUT2D eigenvalue weighted by atomic mass is 35.5. The van der Waals surface area contributed by atoms with Crippen LogP contribution in [0.2, 0.25) is 5.02 Å². The van der Waals surface area contributed by atoms with Gasteiger partial charge >= 0.3 is 18.0 Å². The van der Waals surface area contributed by atoms with Crippen LogP contribution in [0.5, 0.6) is 0 Å². The van der Waals surface area contributed by atoms with Crippen LogP contribution in [0.25, 0.3) is 0 Å². The van der Waals surface area contributed by atoms with Crippen molar-refractivity contribution in [3.05, 3.63) is 35.6 Å². The second kappa shape index (κ2) is 12.7. The van der Waals surface area contributed by atoms with Gasteiger partial charge in [-0.2, -0.15) is 0 Å². The van der Waals surface area contributed by atoms with E-state index in [4.69, 9.17) is 21.1 Å². The topological polar surface area (TPSA) is 123 Å². The number of hydrogen-bond donors (Lipinski definition) is 2. The third kappa shape index (κ3) is 8.49. The van der Waals surface area contributed by atoms with Gasteiger partial charge in [0.15, 0.2) is 0 Å². The highest BCUT2D eigenvalue weighted by Crippen LogP contribution is 2.37. The molecule has 2 N–H and O–H groups in total. The summed E-state index contributed by atoms with van der Waals surface area (Å²) in [5.74, 6) is -1.09. The van der Waals surface area contributed by atoms with E-state index < -0.39 is 23.6 Å². The Kier molecular flexibility index (Phi) is 9.83. The number of nitrogens with zero attached hydrogens (tertiary/aromatic N) is 3. The van der Waals surface area contributed by atoms with Gasteiger partial charge in [0.05, 0.1) is 29.7 Å². The summed E-state index contributed by atoms with van der Waals surface area (Å²) in [6.07, 6.45) is 4.79. The maximum atomic E-state index is 12.0. The molecule has 2 aromatic rings. The van der Waals surface area contributed by atoms with E-state index in [0.29, 0.717) is 22.2 Å². The van der Waals surface area contributed by atoms with Gasteiger partial charge in [-0.1, -0.05) is 36.4 Å². The number of rotatable bonds is 7. The van der Waals surface area contributed by atoms with Crippen molar-refractivity contribution in [3.8, 4) is 0 Å². The summed E-state index contributed by atoms with van der Waals surface area (Å²) < 4.78 is 10.0. The smallest absolute Gasteiger partial charge is 0.407 e. The molecule has 1 aromatic carbocycles. The zero-order valence-corrected chi connectivity index (χ0v) is 23.9. The molecular formula is C26H34ClN5O5S. The number of ether oxygens (including phenoxy) is 2. The molecule has 0 spiro atoms. The van der Waals surface area contributed by atoms with Gasteiger partial charge in [-0.3, -0.25) is 4.79 Å². The lowest BCUT2D eigenvalue weighted by Gasteiger charge is -2.40. The van der Waals surface area contributed by atoms with Crippen molar-refractivity contribution in [1.82, 2.24) is 15.3 Å². The molecule has 1 aliphatic rings. The van der Waals surface area contributed by atoms with Crippen molar-refractivity contribution in [2.75, 3.05) is 36.5 Å². The number of aromatic nitrogens is 2. The summed E-state index contributed by atoms with van der Waals surface area (Å²) in [6.45, 7) is 11.6. The van der Waals surface area contributed by atoms with Gasteiger partial charge in [0.2, 0.25) is 0 Å². The van der Waals surface area contributed by atoms with E-state index in [0.717, 1.165) is 31.7 Å². The number of halogens is 1. The number of alkyl carbamates (subject to hydrolysis) is 1. The lowest BCUT2D eigenvalue weighted by Crippen LogP contribution is -2.45. The van der Waals surface area contributed by atoms with E-state index in [2.05, 4.69) is 32.4 Å². The Bertz CT molecular complexity index is 1150. The lowest BCUT2D eigenvalue weighted by atomic mass is 9.80. The first-order valence-corrected chi connectivity index (χ1v) is 13.6. The quantitative estimate of drug-likeness (QED) is 0.357. The number of esters is 1. The number of amides is 2. The number of hydrogen-bond acceptors (Lipinski definition) is 9. The standard InChI is InChI=1S/C26H34ClN5O5S/c1-6-36-23(34)22(33)31-17-8-7-9-18(21(17)27)38-20-15-28-19(14-29-20)32-12-10-26(5,11-13-32)16-30-24(35)37-25(2,3)4/h7-9,14-15H,6,10-13,16H2,1-5H3,(H,30,35)(H,31,33). The average Bonchev–Trinajstić information content (AvgIpc) is 2.85. The largest absolute Gasteiger partial charge is 0.459 e. The molecule has 38 heavy (non-hydrogen) atoms. The molecular weight excluding hydrogens is 530 g/mol. The van der Waals surface area contributed by atoms with E-state index in [1.165, 1.54) is 11.8 Å². The third-order valence-electron chi connectivity index (χ3n) is 5.85. The van der Waals surface area contributed by atoms with E-state index in [9.17, 15) is 14.4 Å². The molecule has 1 aromatic heterocycles. The van der Waals surface area contributed by atoms with Crippen molar-refractivity contribution < 1.29 is 23.9 Å². The highest BCUT2D eigenvalue weighted by molar-refractivity contribution is 7.99. The molecule has 2 heterocycles. The molecule has 0 bridgehead atoms. The summed E-state index contributed by atoms with van der Waals surface area (Å²) in [6, 6.07) is 5.12. The fraction of sp³-hybridized carbons (Fsp3) is 0.500. The van der Waals surface area contributed by atoms with E-state index >= 15 is 0 Å². The van der Waals surface area contributed by atoms with Crippen LogP contribution in [0, 0.1) is 5.41 Å². The molecule has 1 fully saturated rings. The van der Waals surface area contributed by atoms with Crippen LogP contribution in [0.4, 0.5) is 16.3 Å². The summed E-state index contributed by atoms with van der Waals surface area (Å²) in [5, 5.41) is 6.29. The second-order valence-electron chi connectivity index (χ2n) is 10.3. The zero-order chi connectivity index (χ0) is 27.9. The molecule has 0 atom stereocenters. The summed E-state index contributed by atoms with van der Waals surface area (Å²) in [4.78, 5) is 47.5. The highest BCUT2D eigenvalue weighted by Gasteiger charge is 2.31. The SMILES string of the molecule is CCOC(=O)C(=O)Nc1cccc(Sc2cnc(N3CCC(C)(CNC(=O)OC(C)(C)C)CC3)cn2)c1Cl. The Morgan fingerprint density at radius 3 is 2.47 bits per heavy atom. The normalized spacial score (nSPS) is 14.9. The minimum absolute atomic E-state index is 0.0267. The Balaban J connectivity index is 1.55.